The number of benzene rings is 1. The molecular weight excluding hydrogens is 397 g/mol. The number of alkyl halides is 1. The van der Waals surface area contributed by atoms with Crippen molar-refractivity contribution in [3.8, 4) is 22.7 Å². The van der Waals surface area contributed by atoms with Crippen molar-refractivity contribution in [3.05, 3.63) is 42.7 Å². The Hall–Kier alpha value is -3.07. The summed E-state index contributed by atoms with van der Waals surface area (Å²) in [5.74, 6) is 0.703. The minimum absolute atomic E-state index is 0.0760. The van der Waals surface area contributed by atoms with E-state index in [1.165, 1.54) is 0 Å². The van der Waals surface area contributed by atoms with Crippen LogP contribution in [-0.2, 0) is 0 Å². The third-order valence-electron chi connectivity index (χ3n) is 7.24. The van der Waals surface area contributed by atoms with E-state index in [1.807, 2.05) is 44.1 Å². The average molecular weight is 423 g/mol. The lowest BCUT2D eigenvalue weighted by molar-refractivity contribution is 0.00185. The molecule has 2 bridgehead atoms. The van der Waals surface area contributed by atoms with Crippen molar-refractivity contribution in [3.63, 3.8) is 0 Å². The van der Waals surface area contributed by atoms with Crippen LogP contribution < -0.4 is 4.90 Å². The third-order valence-corrected chi connectivity index (χ3v) is 7.24. The molecule has 162 valence electrons. The number of hydrogen-bond donors (Lipinski definition) is 1. The summed E-state index contributed by atoms with van der Waals surface area (Å²) < 4.78 is 17.1. The van der Waals surface area contributed by atoms with Gasteiger partial charge < -0.3 is 10.0 Å². The Bertz CT molecular complexity index is 1070. The predicted molar refractivity (Wildman–Crippen MR) is 115 cm³/mol. The first-order valence-electron chi connectivity index (χ1n) is 10.5. The molecule has 0 aliphatic carbocycles. The van der Waals surface area contributed by atoms with Gasteiger partial charge in [0.2, 0.25) is 0 Å². The quantitative estimate of drug-likeness (QED) is 0.691. The largest absolute Gasteiger partial charge is 0.507 e. The second kappa shape index (κ2) is 7.26. The molecule has 0 spiro atoms. The molecule has 2 aliphatic rings. The fourth-order valence-corrected chi connectivity index (χ4v) is 5.07. The number of nitrogens with zero attached hydrogens (tertiary/aromatic N) is 7. The zero-order valence-corrected chi connectivity index (χ0v) is 17.9. The molecule has 1 aromatic carbocycles. The molecule has 8 nitrogen and oxygen atoms in total. The number of hydrogen-bond acceptors (Lipinski definition) is 7. The summed E-state index contributed by atoms with van der Waals surface area (Å²) in [4.78, 5) is 4.13. The van der Waals surface area contributed by atoms with Gasteiger partial charge in [0.1, 0.15) is 11.9 Å². The van der Waals surface area contributed by atoms with Crippen LogP contribution in [0.2, 0.25) is 0 Å². The Labute approximate surface area is 180 Å². The van der Waals surface area contributed by atoms with Crippen molar-refractivity contribution in [2.75, 3.05) is 19.0 Å². The maximum Gasteiger partial charge on any atom is 0.151 e. The number of piperidine rings is 1. The van der Waals surface area contributed by atoms with E-state index in [9.17, 15) is 5.11 Å². The summed E-state index contributed by atoms with van der Waals surface area (Å²) in [6.07, 6.45) is 5.00. The van der Waals surface area contributed by atoms with Crippen LogP contribution in [0.4, 0.5) is 10.2 Å². The molecule has 2 saturated heterocycles. The van der Waals surface area contributed by atoms with Crippen LogP contribution in [0, 0.1) is 0 Å². The van der Waals surface area contributed by atoms with Crippen molar-refractivity contribution < 1.29 is 9.50 Å². The van der Waals surface area contributed by atoms with Gasteiger partial charge >= 0.3 is 0 Å². The molecule has 2 aliphatic heterocycles. The van der Waals surface area contributed by atoms with Gasteiger partial charge in [0.05, 0.1) is 35.4 Å². The Morgan fingerprint density at radius 2 is 2.06 bits per heavy atom. The number of rotatable bonds is 4. The molecule has 4 atom stereocenters. The summed E-state index contributed by atoms with van der Waals surface area (Å²) in [5.41, 5.74) is 1.39. The van der Waals surface area contributed by atoms with Gasteiger partial charge in [-0.05, 0) is 57.5 Å². The fraction of sp³-hybridized carbons (Fsp3) is 0.455. The maximum atomic E-state index is 15.5. The maximum absolute atomic E-state index is 15.5. The van der Waals surface area contributed by atoms with E-state index in [-0.39, 0.29) is 11.8 Å². The Morgan fingerprint density at radius 3 is 2.74 bits per heavy atom. The molecule has 0 radical (unpaired) electrons. The Balaban J connectivity index is 1.37. The van der Waals surface area contributed by atoms with Gasteiger partial charge in [-0.25, -0.2) is 9.07 Å². The van der Waals surface area contributed by atoms with Crippen LogP contribution in [0.15, 0.2) is 42.7 Å². The second-order valence-corrected chi connectivity index (χ2v) is 8.80. The highest BCUT2D eigenvalue weighted by Crippen LogP contribution is 2.46. The fourth-order valence-electron chi connectivity index (χ4n) is 5.07. The van der Waals surface area contributed by atoms with E-state index >= 15 is 4.39 Å². The van der Waals surface area contributed by atoms with Gasteiger partial charge in [-0.15, -0.1) is 15.3 Å². The number of aromatic hydroxyl groups is 1. The predicted octanol–water partition coefficient (Wildman–Crippen LogP) is 2.83. The van der Waals surface area contributed by atoms with E-state index in [4.69, 9.17) is 0 Å². The average Bonchev–Trinajstić information content (AvgIpc) is 3.38. The molecule has 0 amide bonds. The van der Waals surface area contributed by atoms with E-state index in [0.29, 0.717) is 28.8 Å². The number of phenols is 1. The molecule has 31 heavy (non-hydrogen) atoms. The van der Waals surface area contributed by atoms with Crippen molar-refractivity contribution >= 4 is 5.82 Å². The molecular formula is C22H26FN7O. The lowest BCUT2D eigenvalue weighted by Crippen LogP contribution is -2.62. The number of aromatic nitrogens is 5. The third kappa shape index (κ3) is 3.15. The molecule has 0 unspecified atom stereocenters. The standard InChI is InChI=1S/C22H26FN7O/c1-22-9-8-14(29(22)3)12-18(21(22)23)28(2)20-7-6-17(25-26-20)16-5-4-15(13-19(16)31)30-11-10-24-27-30/h4-7,10-11,13-14,18,21,31H,8-9,12H2,1-3H3/t14-,18-,21+,22+/m0/s1. The summed E-state index contributed by atoms with van der Waals surface area (Å²) in [5, 5.41) is 26.8. The van der Waals surface area contributed by atoms with E-state index in [2.05, 4.69) is 25.4 Å². The highest BCUT2D eigenvalue weighted by molar-refractivity contribution is 5.69. The number of fused-ring (bicyclic) bond motifs is 2. The van der Waals surface area contributed by atoms with Crippen molar-refractivity contribution in [1.29, 1.82) is 0 Å². The normalized spacial score (nSPS) is 28.1. The minimum Gasteiger partial charge on any atom is -0.507 e. The van der Waals surface area contributed by atoms with Crippen LogP contribution >= 0.6 is 0 Å². The van der Waals surface area contributed by atoms with E-state index in [1.54, 1.807) is 29.2 Å². The molecule has 3 aromatic rings. The van der Waals surface area contributed by atoms with Crippen molar-refractivity contribution in [2.24, 2.45) is 0 Å². The first-order chi connectivity index (χ1) is 14.9. The number of phenolic OH excluding ortho intramolecular Hbond substituents is 1. The van der Waals surface area contributed by atoms with E-state index in [0.717, 1.165) is 19.3 Å². The zero-order chi connectivity index (χ0) is 21.8. The lowest BCUT2D eigenvalue weighted by atomic mass is 9.84. The topological polar surface area (TPSA) is 83.2 Å². The lowest BCUT2D eigenvalue weighted by Gasteiger charge is -2.49. The molecule has 1 N–H and O–H groups in total. The van der Waals surface area contributed by atoms with Crippen LogP contribution in [-0.4, -0.2) is 73.1 Å². The number of anilines is 1. The summed E-state index contributed by atoms with van der Waals surface area (Å²) in [6.45, 7) is 2.03. The minimum atomic E-state index is -0.962. The summed E-state index contributed by atoms with van der Waals surface area (Å²) >= 11 is 0. The highest BCUT2D eigenvalue weighted by Gasteiger charge is 2.55. The van der Waals surface area contributed by atoms with Crippen LogP contribution in [0.25, 0.3) is 16.9 Å². The molecule has 0 saturated carbocycles. The van der Waals surface area contributed by atoms with Gasteiger partial charge in [0.25, 0.3) is 0 Å². The second-order valence-electron chi connectivity index (χ2n) is 8.80. The van der Waals surface area contributed by atoms with Gasteiger partial charge in [0.15, 0.2) is 5.82 Å². The Kier molecular flexibility index (Phi) is 4.65. The van der Waals surface area contributed by atoms with Gasteiger partial charge in [-0.1, -0.05) is 5.21 Å². The molecule has 2 fully saturated rings. The SMILES string of the molecule is CN(c1ccc(-c2ccc(-n3ccnn3)cc2O)nn1)[C@H]1C[C@@H]2CC[C@](C)([C@@H]1F)N2C. The van der Waals surface area contributed by atoms with E-state index < -0.39 is 11.7 Å². The monoisotopic (exact) mass is 423 g/mol. The first-order valence-corrected chi connectivity index (χ1v) is 10.5. The zero-order valence-electron chi connectivity index (χ0n) is 17.9. The first kappa shape index (κ1) is 19.9. The molecule has 2 aromatic heterocycles. The number of halogens is 1. The Morgan fingerprint density at radius 1 is 1.23 bits per heavy atom. The van der Waals surface area contributed by atoms with Crippen LogP contribution in [0.5, 0.6) is 5.75 Å². The van der Waals surface area contributed by atoms with Crippen molar-refractivity contribution in [2.45, 2.75) is 50.0 Å². The highest BCUT2D eigenvalue weighted by atomic mass is 19.1. The molecule has 4 heterocycles. The van der Waals surface area contributed by atoms with Gasteiger partial charge in [-0.3, -0.25) is 4.90 Å². The molecule has 9 heteroatoms. The van der Waals surface area contributed by atoms with Crippen LogP contribution in [0.1, 0.15) is 26.2 Å². The molecule has 5 rings (SSSR count). The van der Waals surface area contributed by atoms with Gasteiger partial charge in [0, 0.05) is 24.7 Å². The summed E-state index contributed by atoms with van der Waals surface area (Å²) in [7, 11) is 3.93. The van der Waals surface area contributed by atoms with Crippen LogP contribution in [0.3, 0.4) is 0 Å². The van der Waals surface area contributed by atoms with Gasteiger partial charge in [-0.2, -0.15) is 0 Å². The van der Waals surface area contributed by atoms with Crippen molar-refractivity contribution in [1.82, 2.24) is 30.1 Å². The summed E-state index contributed by atoms with van der Waals surface area (Å²) in [6, 6.07) is 9.01. The smallest absolute Gasteiger partial charge is 0.151 e.